The van der Waals surface area contributed by atoms with Gasteiger partial charge in [0, 0.05) is 19.7 Å². The van der Waals surface area contributed by atoms with Crippen LogP contribution in [-0.2, 0) is 9.47 Å². The van der Waals surface area contributed by atoms with Crippen molar-refractivity contribution in [3.8, 4) is 0 Å². The van der Waals surface area contributed by atoms with Crippen molar-refractivity contribution in [1.29, 1.82) is 0 Å². The molecule has 0 heterocycles. The van der Waals surface area contributed by atoms with E-state index in [0.29, 0.717) is 25.8 Å². The number of hydrogen-bond acceptors (Lipinski definition) is 4. The molecule has 4 nitrogen and oxygen atoms in total. The van der Waals surface area contributed by atoms with Crippen LogP contribution in [-0.4, -0.2) is 62.2 Å². The van der Waals surface area contributed by atoms with Crippen molar-refractivity contribution >= 4 is 0 Å². The number of nitrogens with zero attached hydrogens (tertiary/aromatic N) is 1. The molecule has 0 spiro atoms. The third kappa shape index (κ3) is 5.47. The van der Waals surface area contributed by atoms with Crippen LogP contribution >= 0.6 is 0 Å². The van der Waals surface area contributed by atoms with Crippen LogP contribution in [0, 0.1) is 0 Å². The SMILES string of the molecule is COCC(C)OCC(O)CN(C)C1CC1. The van der Waals surface area contributed by atoms with Crippen LogP contribution in [0.3, 0.4) is 0 Å². The Morgan fingerprint density at radius 2 is 2.07 bits per heavy atom. The summed E-state index contributed by atoms with van der Waals surface area (Å²) >= 11 is 0. The third-order valence-electron chi connectivity index (χ3n) is 2.64. The molecule has 0 bridgehead atoms. The number of rotatable bonds is 8. The normalized spacial score (nSPS) is 20.6. The zero-order chi connectivity index (χ0) is 11.3. The van der Waals surface area contributed by atoms with E-state index in [2.05, 4.69) is 11.9 Å². The first-order chi connectivity index (χ1) is 7.13. The van der Waals surface area contributed by atoms with Gasteiger partial charge in [-0.2, -0.15) is 0 Å². The fraction of sp³-hybridized carbons (Fsp3) is 1.00. The van der Waals surface area contributed by atoms with Crippen LogP contribution in [0.4, 0.5) is 0 Å². The van der Waals surface area contributed by atoms with Crippen molar-refractivity contribution < 1.29 is 14.6 Å². The predicted molar refractivity (Wildman–Crippen MR) is 58.9 cm³/mol. The lowest BCUT2D eigenvalue weighted by Gasteiger charge is -2.21. The molecule has 0 radical (unpaired) electrons. The second kappa shape index (κ2) is 6.43. The van der Waals surface area contributed by atoms with Gasteiger partial charge in [-0.1, -0.05) is 0 Å². The molecule has 2 atom stereocenters. The summed E-state index contributed by atoms with van der Waals surface area (Å²) < 4.78 is 10.4. The van der Waals surface area contributed by atoms with E-state index in [0.717, 1.165) is 0 Å². The van der Waals surface area contributed by atoms with Crippen molar-refractivity contribution in [1.82, 2.24) is 4.90 Å². The highest BCUT2D eigenvalue weighted by Gasteiger charge is 2.27. The number of likely N-dealkylation sites (N-methyl/N-ethyl adjacent to an activating group) is 1. The maximum absolute atomic E-state index is 9.71. The first-order valence-corrected chi connectivity index (χ1v) is 5.62. The molecular weight excluding hydrogens is 194 g/mol. The Bertz CT molecular complexity index is 173. The van der Waals surface area contributed by atoms with Gasteiger partial charge in [0.2, 0.25) is 0 Å². The summed E-state index contributed by atoms with van der Waals surface area (Å²) in [7, 11) is 3.70. The number of methoxy groups -OCH3 is 1. The van der Waals surface area contributed by atoms with E-state index < -0.39 is 6.10 Å². The molecule has 1 aliphatic carbocycles. The van der Waals surface area contributed by atoms with Gasteiger partial charge >= 0.3 is 0 Å². The van der Waals surface area contributed by atoms with E-state index in [1.165, 1.54) is 12.8 Å². The molecule has 1 saturated carbocycles. The highest BCUT2D eigenvalue weighted by molar-refractivity contribution is 4.83. The molecule has 2 unspecified atom stereocenters. The molecule has 1 rings (SSSR count). The van der Waals surface area contributed by atoms with Crippen LogP contribution in [0.1, 0.15) is 19.8 Å². The van der Waals surface area contributed by atoms with Gasteiger partial charge < -0.3 is 19.5 Å². The number of aliphatic hydroxyl groups is 1. The summed E-state index contributed by atoms with van der Waals surface area (Å²) in [5.41, 5.74) is 0. The minimum atomic E-state index is -0.394. The Morgan fingerprint density at radius 1 is 1.40 bits per heavy atom. The zero-order valence-electron chi connectivity index (χ0n) is 9.98. The first kappa shape index (κ1) is 12.9. The molecule has 0 aromatic heterocycles. The molecule has 1 aliphatic rings. The van der Waals surface area contributed by atoms with Crippen molar-refractivity contribution in [2.45, 2.75) is 38.0 Å². The second-order valence-corrected chi connectivity index (χ2v) is 4.42. The van der Waals surface area contributed by atoms with E-state index >= 15 is 0 Å². The first-order valence-electron chi connectivity index (χ1n) is 5.62. The molecule has 0 saturated heterocycles. The van der Waals surface area contributed by atoms with Gasteiger partial charge in [-0.3, -0.25) is 0 Å². The lowest BCUT2D eigenvalue weighted by molar-refractivity contribution is -0.0385. The topological polar surface area (TPSA) is 41.9 Å². The Balaban J connectivity index is 2.04. The second-order valence-electron chi connectivity index (χ2n) is 4.42. The quantitative estimate of drug-likeness (QED) is 0.642. The maximum atomic E-state index is 9.71. The molecule has 90 valence electrons. The van der Waals surface area contributed by atoms with Gasteiger partial charge in [0.25, 0.3) is 0 Å². The molecule has 0 aliphatic heterocycles. The molecule has 4 heteroatoms. The van der Waals surface area contributed by atoms with E-state index in [1.54, 1.807) is 7.11 Å². The van der Waals surface area contributed by atoms with Gasteiger partial charge in [-0.15, -0.1) is 0 Å². The highest BCUT2D eigenvalue weighted by atomic mass is 16.5. The van der Waals surface area contributed by atoms with Crippen LogP contribution in [0.5, 0.6) is 0 Å². The minimum absolute atomic E-state index is 0.0517. The predicted octanol–water partition coefficient (Wildman–Crippen LogP) is 0.493. The number of ether oxygens (including phenoxy) is 2. The molecule has 1 fully saturated rings. The molecule has 0 aromatic rings. The van der Waals surface area contributed by atoms with Crippen LogP contribution in [0.15, 0.2) is 0 Å². The smallest absolute Gasteiger partial charge is 0.0900 e. The molecule has 1 N–H and O–H groups in total. The van der Waals surface area contributed by atoms with E-state index in [1.807, 2.05) is 6.92 Å². The van der Waals surface area contributed by atoms with Gasteiger partial charge in [-0.05, 0) is 26.8 Å². The fourth-order valence-electron chi connectivity index (χ4n) is 1.61. The number of hydrogen-bond donors (Lipinski definition) is 1. The van der Waals surface area contributed by atoms with E-state index in [4.69, 9.17) is 9.47 Å². The average molecular weight is 217 g/mol. The third-order valence-corrected chi connectivity index (χ3v) is 2.64. The standard InChI is InChI=1S/C11H23NO3/c1-9(7-14-3)15-8-11(13)6-12(2)10-4-5-10/h9-11,13H,4-8H2,1-3H3. The number of aliphatic hydroxyl groups excluding tert-OH is 1. The van der Waals surface area contributed by atoms with Crippen molar-refractivity contribution in [2.75, 3.05) is 33.9 Å². The summed E-state index contributed by atoms with van der Waals surface area (Å²) in [6, 6.07) is 0.691. The van der Waals surface area contributed by atoms with Gasteiger partial charge in [0.1, 0.15) is 0 Å². The largest absolute Gasteiger partial charge is 0.389 e. The van der Waals surface area contributed by atoms with Crippen molar-refractivity contribution in [3.05, 3.63) is 0 Å². The Kier molecular flexibility index (Phi) is 5.53. The summed E-state index contributed by atoms with van der Waals surface area (Å²) in [5, 5.41) is 9.71. The van der Waals surface area contributed by atoms with Crippen molar-refractivity contribution in [3.63, 3.8) is 0 Å². The minimum Gasteiger partial charge on any atom is -0.389 e. The monoisotopic (exact) mass is 217 g/mol. The summed E-state index contributed by atoms with van der Waals surface area (Å²) in [4.78, 5) is 2.20. The molecule has 0 amide bonds. The van der Waals surface area contributed by atoms with Crippen LogP contribution < -0.4 is 0 Å². The lowest BCUT2D eigenvalue weighted by atomic mass is 10.3. The zero-order valence-corrected chi connectivity index (χ0v) is 9.98. The molecule has 15 heavy (non-hydrogen) atoms. The molecular formula is C11H23NO3. The van der Waals surface area contributed by atoms with Crippen LogP contribution in [0.2, 0.25) is 0 Å². The summed E-state index contributed by atoms with van der Waals surface area (Å²) in [5.74, 6) is 0. The van der Waals surface area contributed by atoms with E-state index in [-0.39, 0.29) is 6.10 Å². The highest BCUT2D eigenvalue weighted by Crippen LogP contribution is 2.25. The van der Waals surface area contributed by atoms with Gasteiger partial charge in [0.15, 0.2) is 0 Å². The fourth-order valence-corrected chi connectivity index (χ4v) is 1.61. The Labute approximate surface area is 92.2 Å². The van der Waals surface area contributed by atoms with Gasteiger partial charge in [-0.25, -0.2) is 0 Å². The van der Waals surface area contributed by atoms with E-state index in [9.17, 15) is 5.11 Å². The Hall–Kier alpha value is -0.160. The summed E-state index contributed by atoms with van der Waals surface area (Å²) in [6.45, 7) is 3.61. The van der Waals surface area contributed by atoms with Crippen molar-refractivity contribution in [2.24, 2.45) is 0 Å². The maximum Gasteiger partial charge on any atom is 0.0900 e. The average Bonchev–Trinajstić information content (AvgIpc) is 2.98. The van der Waals surface area contributed by atoms with Crippen LogP contribution in [0.25, 0.3) is 0 Å². The Morgan fingerprint density at radius 3 is 2.60 bits per heavy atom. The lowest BCUT2D eigenvalue weighted by Crippen LogP contribution is -2.34. The summed E-state index contributed by atoms with van der Waals surface area (Å²) in [6.07, 6.45) is 2.19. The molecule has 0 aromatic carbocycles. The van der Waals surface area contributed by atoms with Gasteiger partial charge in [0.05, 0.1) is 25.4 Å².